The van der Waals surface area contributed by atoms with E-state index in [4.69, 9.17) is 4.98 Å². The molecule has 1 saturated heterocycles. The molecule has 2 aliphatic heterocycles. The van der Waals surface area contributed by atoms with Crippen molar-refractivity contribution in [2.75, 3.05) is 18.4 Å². The van der Waals surface area contributed by atoms with Gasteiger partial charge >= 0.3 is 0 Å². The quantitative estimate of drug-likeness (QED) is 0.141. The van der Waals surface area contributed by atoms with E-state index in [1.54, 1.807) is 17.3 Å². The molecule has 2 atom stereocenters. The van der Waals surface area contributed by atoms with E-state index in [2.05, 4.69) is 40.3 Å². The molecule has 1 fully saturated rings. The fourth-order valence-corrected chi connectivity index (χ4v) is 8.89. The SMILES string of the molecule is CCCCCCCCCCCN1CC(C)(c2cc(F)cc(F)c2)N(Cc2cnc3cc4c(cc3c2)C[C@@]2(C4)C(=O)Nc3ncccc32)C(=O)C1(C)C. The van der Waals surface area contributed by atoms with Crippen molar-refractivity contribution in [2.45, 2.75) is 121 Å². The van der Waals surface area contributed by atoms with Crippen LogP contribution >= 0.6 is 0 Å². The van der Waals surface area contributed by atoms with Crippen LogP contribution in [0.2, 0.25) is 0 Å². The van der Waals surface area contributed by atoms with Gasteiger partial charge in [-0.2, -0.15) is 0 Å². The molecule has 9 heteroatoms. The van der Waals surface area contributed by atoms with Crippen molar-refractivity contribution in [3.63, 3.8) is 0 Å². The number of hydrogen-bond acceptors (Lipinski definition) is 5. The lowest BCUT2D eigenvalue weighted by molar-refractivity contribution is -0.164. The highest BCUT2D eigenvalue weighted by atomic mass is 19.1. The summed E-state index contributed by atoms with van der Waals surface area (Å²) in [6, 6.07) is 13.7. The van der Waals surface area contributed by atoms with Crippen LogP contribution in [-0.2, 0) is 39.9 Å². The van der Waals surface area contributed by atoms with E-state index < -0.39 is 28.1 Å². The number of nitrogens with one attached hydrogen (secondary N) is 1. The van der Waals surface area contributed by atoms with E-state index in [9.17, 15) is 18.4 Å². The van der Waals surface area contributed by atoms with E-state index in [1.165, 1.54) is 57.1 Å². The van der Waals surface area contributed by atoms with Gasteiger partial charge < -0.3 is 10.2 Å². The summed E-state index contributed by atoms with van der Waals surface area (Å²) >= 11 is 0. The van der Waals surface area contributed by atoms with Gasteiger partial charge in [0.2, 0.25) is 11.8 Å². The van der Waals surface area contributed by atoms with Crippen LogP contribution in [0.15, 0.2) is 60.9 Å². The molecular weight excluding hydrogens is 657 g/mol. The van der Waals surface area contributed by atoms with Crippen LogP contribution in [0.1, 0.15) is 113 Å². The zero-order valence-electron chi connectivity index (χ0n) is 31.0. The van der Waals surface area contributed by atoms with Crippen molar-refractivity contribution in [3.8, 4) is 0 Å². The number of hydrogen-bond donors (Lipinski definition) is 1. The number of fused-ring (bicyclic) bond motifs is 4. The third-order valence-electron chi connectivity index (χ3n) is 12.0. The monoisotopic (exact) mass is 707 g/mol. The van der Waals surface area contributed by atoms with Gasteiger partial charge in [-0.15, -0.1) is 0 Å². The topological polar surface area (TPSA) is 78.4 Å². The van der Waals surface area contributed by atoms with Crippen LogP contribution in [0, 0.1) is 11.6 Å². The highest BCUT2D eigenvalue weighted by molar-refractivity contribution is 6.06. The lowest BCUT2D eigenvalue weighted by atomic mass is 9.79. The molecule has 274 valence electrons. The molecule has 7 nitrogen and oxygen atoms in total. The molecule has 52 heavy (non-hydrogen) atoms. The maximum atomic E-state index is 14.8. The number of rotatable bonds is 13. The van der Waals surface area contributed by atoms with Crippen LogP contribution in [0.25, 0.3) is 10.9 Å². The van der Waals surface area contributed by atoms with Gasteiger partial charge in [0.25, 0.3) is 0 Å². The molecule has 1 unspecified atom stereocenters. The van der Waals surface area contributed by atoms with Crippen LogP contribution in [-0.4, -0.2) is 50.2 Å². The highest BCUT2D eigenvalue weighted by Crippen LogP contribution is 2.47. The minimum atomic E-state index is -0.995. The minimum absolute atomic E-state index is 0.0266. The van der Waals surface area contributed by atoms with Crippen LogP contribution in [0.3, 0.4) is 0 Å². The van der Waals surface area contributed by atoms with Crippen LogP contribution < -0.4 is 5.32 Å². The molecule has 3 aliphatic rings. The summed E-state index contributed by atoms with van der Waals surface area (Å²) in [5.41, 5.74) is 2.72. The molecule has 2 aromatic carbocycles. The Morgan fingerprint density at radius 1 is 0.827 bits per heavy atom. The van der Waals surface area contributed by atoms with Gasteiger partial charge in [-0.05, 0) is 105 Å². The van der Waals surface area contributed by atoms with Crippen LogP contribution in [0.5, 0.6) is 0 Å². The van der Waals surface area contributed by atoms with Gasteiger partial charge in [-0.1, -0.05) is 64.4 Å². The number of anilines is 1. The first-order chi connectivity index (χ1) is 24.9. The van der Waals surface area contributed by atoms with Gasteiger partial charge in [0.1, 0.15) is 17.5 Å². The molecule has 0 saturated carbocycles. The first kappa shape index (κ1) is 36.1. The number of unbranched alkanes of at least 4 members (excludes halogenated alkanes) is 8. The number of nitrogens with zero attached hydrogens (tertiary/aromatic N) is 4. The van der Waals surface area contributed by atoms with Crippen LogP contribution in [0.4, 0.5) is 14.6 Å². The van der Waals surface area contributed by atoms with Crippen molar-refractivity contribution < 1.29 is 18.4 Å². The molecule has 4 aromatic rings. The van der Waals surface area contributed by atoms with Gasteiger partial charge in [-0.3, -0.25) is 19.5 Å². The first-order valence-electron chi connectivity index (χ1n) is 19.2. The standard InChI is InChI=1S/C43H51F2N5O2/c1-5-6-7-8-9-10-11-12-13-17-49-28-42(4,33-21-34(44)23-35(45)22-33)50(40(52)41(49,2)3)27-29-18-30-19-31-24-43(25-32(31)20-37(30)47-26-29)36-15-14-16-46-38(36)48-39(43)51/h14-16,18-23,26H,5-13,17,24-25,27-28H2,1-4H3,(H,46,48,51)/t42?,43-/m0/s1. The number of carbonyl (C=O) groups is 2. The molecule has 2 amide bonds. The van der Waals surface area contributed by atoms with E-state index in [-0.39, 0.29) is 18.4 Å². The van der Waals surface area contributed by atoms with E-state index >= 15 is 0 Å². The largest absolute Gasteiger partial charge is 0.326 e. The normalized spacial score (nSPS) is 22.3. The van der Waals surface area contributed by atoms with Gasteiger partial charge in [0, 0.05) is 42.5 Å². The molecule has 1 aliphatic carbocycles. The molecule has 0 radical (unpaired) electrons. The average molecular weight is 708 g/mol. The molecule has 1 spiro atoms. The van der Waals surface area contributed by atoms with E-state index in [1.807, 2.05) is 32.9 Å². The number of benzene rings is 2. The Labute approximate surface area is 306 Å². The van der Waals surface area contributed by atoms with Crippen molar-refractivity contribution in [3.05, 3.63) is 100 Å². The fourth-order valence-electron chi connectivity index (χ4n) is 8.89. The number of carbonyl (C=O) groups excluding carboxylic acids is 2. The molecule has 2 aromatic heterocycles. The maximum absolute atomic E-state index is 14.8. The fraction of sp³-hybridized carbons (Fsp3) is 0.488. The number of amides is 2. The summed E-state index contributed by atoms with van der Waals surface area (Å²) in [5.74, 6) is -0.800. The Morgan fingerprint density at radius 3 is 2.21 bits per heavy atom. The Balaban J connectivity index is 1.13. The van der Waals surface area contributed by atoms with Gasteiger partial charge in [0.15, 0.2) is 0 Å². The third-order valence-corrected chi connectivity index (χ3v) is 12.0. The molecule has 1 N–H and O–H groups in total. The molecule has 7 rings (SSSR count). The van der Waals surface area contributed by atoms with Crippen molar-refractivity contribution >= 4 is 28.5 Å². The van der Waals surface area contributed by atoms with E-state index in [0.717, 1.165) is 58.6 Å². The first-order valence-corrected chi connectivity index (χ1v) is 19.2. The Morgan fingerprint density at radius 2 is 1.50 bits per heavy atom. The Hall–Kier alpha value is -4.24. The second-order valence-electron chi connectivity index (χ2n) is 16.1. The zero-order valence-corrected chi connectivity index (χ0v) is 31.0. The predicted molar refractivity (Wildman–Crippen MR) is 201 cm³/mol. The number of aromatic nitrogens is 2. The Kier molecular flexibility index (Phi) is 9.93. The zero-order chi connectivity index (χ0) is 36.7. The van der Waals surface area contributed by atoms with E-state index in [0.29, 0.717) is 30.8 Å². The maximum Gasteiger partial charge on any atom is 0.243 e. The smallest absolute Gasteiger partial charge is 0.243 e. The lowest BCUT2D eigenvalue weighted by Crippen LogP contribution is -2.69. The summed E-state index contributed by atoms with van der Waals surface area (Å²) in [6.45, 7) is 9.50. The summed E-state index contributed by atoms with van der Waals surface area (Å²) in [7, 11) is 0. The number of pyridine rings is 2. The van der Waals surface area contributed by atoms with Crippen molar-refractivity contribution in [1.82, 2.24) is 19.8 Å². The lowest BCUT2D eigenvalue weighted by Gasteiger charge is -2.55. The van der Waals surface area contributed by atoms with Gasteiger partial charge in [0.05, 0.1) is 22.0 Å². The highest BCUT2D eigenvalue weighted by Gasteiger charge is 2.53. The summed E-state index contributed by atoms with van der Waals surface area (Å²) in [6.07, 6.45) is 15.5. The predicted octanol–water partition coefficient (Wildman–Crippen LogP) is 8.77. The minimum Gasteiger partial charge on any atom is -0.326 e. The molecule has 4 heterocycles. The molecule has 0 bridgehead atoms. The van der Waals surface area contributed by atoms with Crippen molar-refractivity contribution in [1.29, 1.82) is 0 Å². The Bertz CT molecular complexity index is 1980. The second kappa shape index (κ2) is 14.3. The summed E-state index contributed by atoms with van der Waals surface area (Å²) in [4.78, 5) is 41.1. The molecular formula is C43H51F2N5O2. The second-order valence-corrected chi connectivity index (χ2v) is 16.1. The number of halogens is 2. The third kappa shape index (κ3) is 6.61. The average Bonchev–Trinajstić information content (AvgIpc) is 3.62. The van der Waals surface area contributed by atoms with Crippen molar-refractivity contribution in [2.24, 2.45) is 0 Å². The summed E-state index contributed by atoms with van der Waals surface area (Å²) < 4.78 is 29.6. The van der Waals surface area contributed by atoms with Gasteiger partial charge in [-0.25, -0.2) is 13.8 Å². The number of piperazine rings is 1. The summed E-state index contributed by atoms with van der Waals surface area (Å²) in [5, 5.41) is 3.90.